The molecule has 2 heterocycles. The highest BCUT2D eigenvalue weighted by Gasteiger charge is 2.36. The molecule has 12 rings (SSSR count). The quantitative estimate of drug-likeness (QED) is 0.170. The number of anilines is 3. The summed E-state index contributed by atoms with van der Waals surface area (Å²) in [5.74, 6) is 0. The zero-order valence-corrected chi connectivity index (χ0v) is 33.1. The minimum absolute atomic E-state index is 0.224. The summed E-state index contributed by atoms with van der Waals surface area (Å²) >= 11 is 1.86. The van der Waals surface area contributed by atoms with Crippen molar-refractivity contribution in [1.82, 2.24) is 4.57 Å². The predicted molar refractivity (Wildman–Crippen MR) is 249 cm³/mol. The van der Waals surface area contributed by atoms with Crippen LogP contribution in [0.15, 0.2) is 194 Å². The van der Waals surface area contributed by atoms with Crippen LogP contribution in [-0.2, 0) is 5.41 Å². The number of hydrogen-bond acceptors (Lipinski definition) is 2. The van der Waals surface area contributed by atoms with Crippen LogP contribution in [0.25, 0.3) is 80.7 Å². The Morgan fingerprint density at radius 2 is 1.02 bits per heavy atom. The zero-order valence-electron chi connectivity index (χ0n) is 32.3. The Labute approximate surface area is 341 Å². The summed E-state index contributed by atoms with van der Waals surface area (Å²) < 4.78 is 5.09. The van der Waals surface area contributed by atoms with Crippen molar-refractivity contribution in [3.63, 3.8) is 0 Å². The standard InChI is InChI=1S/C55H38N2S/c1-55(2)49-33-41(56(39-22-20-36(21-23-39)35-12-4-3-5-13-35)40-26-29-54-48(32-40)46-17-9-11-19-53(46)58-54)24-27-43(49)44-28-25-42(34-50(44)55)57-51-18-10-8-16-45(51)47-30-37-14-6-7-15-38(37)31-52(47)57/h3-34H,1-2H3. The van der Waals surface area contributed by atoms with Gasteiger partial charge in [-0.25, -0.2) is 0 Å². The van der Waals surface area contributed by atoms with E-state index in [0.717, 1.165) is 17.1 Å². The summed E-state index contributed by atoms with van der Waals surface area (Å²) in [5.41, 5.74) is 14.6. The van der Waals surface area contributed by atoms with E-state index in [1.165, 1.54) is 91.8 Å². The maximum atomic E-state index is 2.47. The first-order chi connectivity index (χ1) is 28.5. The van der Waals surface area contributed by atoms with E-state index in [4.69, 9.17) is 0 Å². The monoisotopic (exact) mass is 758 g/mol. The van der Waals surface area contributed by atoms with E-state index >= 15 is 0 Å². The smallest absolute Gasteiger partial charge is 0.0547 e. The maximum Gasteiger partial charge on any atom is 0.0547 e. The lowest BCUT2D eigenvalue weighted by molar-refractivity contribution is 0.660. The minimum atomic E-state index is -0.224. The second-order valence-corrected chi connectivity index (χ2v) is 17.3. The van der Waals surface area contributed by atoms with Gasteiger partial charge in [0.25, 0.3) is 0 Å². The van der Waals surface area contributed by atoms with Crippen molar-refractivity contribution in [3.8, 4) is 27.9 Å². The summed E-state index contributed by atoms with van der Waals surface area (Å²) in [4.78, 5) is 2.44. The van der Waals surface area contributed by atoms with Crippen LogP contribution in [0.2, 0.25) is 0 Å². The third kappa shape index (κ3) is 4.97. The number of para-hydroxylation sites is 1. The first kappa shape index (κ1) is 33.2. The highest BCUT2D eigenvalue weighted by atomic mass is 32.1. The van der Waals surface area contributed by atoms with Crippen molar-refractivity contribution in [1.29, 1.82) is 0 Å². The van der Waals surface area contributed by atoms with Gasteiger partial charge in [0, 0.05) is 59.1 Å². The van der Waals surface area contributed by atoms with E-state index in [1.807, 2.05) is 11.3 Å². The SMILES string of the molecule is CC1(C)c2cc(N(c3ccc(-c4ccccc4)cc3)c3ccc4sc5ccccc5c4c3)ccc2-c2ccc(-n3c4ccccc4c4cc5ccccc5cc43)cc21. The summed E-state index contributed by atoms with van der Waals surface area (Å²) in [5, 5.41) is 7.69. The molecule has 0 unspecified atom stereocenters. The molecule has 2 nitrogen and oxygen atoms in total. The molecule has 11 aromatic rings. The lowest BCUT2D eigenvalue weighted by atomic mass is 9.82. The van der Waals surface area contributed by atoms with Gasteiger partial charge in [0.2, 0.25) is 0 Å². The summed E-state index contributed by atoms with van der Waals surface area (Å²) in [7, 11) is 0. The fourth-order valence-electron chi connectivity index (χ4n) is 9.66. The predicted octanol–water partition coefficient (Wildman–Crippen LogP) is 15.7. The highest BCUT2D eigenvalue weighted by Crippen LogP contribution is 2.52. The first-order valence-corrected chi connectivity index (χ1v) is 20.9. The average Bonchev–Trinajstić information content (AvgIpc) is 3.88. The zero-order chi connectivity index (χ0) is 38.5. The van der Waals surface area contributed by atoms with Crippen molar-refractivity contribution in [2.24, 2.45) is 0 Å². The van der Waals surface area contributed by atoms with Gasteiger partial charge in [-0.3, -0.25) is 0 Å². The van der Waals surface area contributed by atoms with Crippen molar-refractivity contribution in [2.45, 2.75) is 19.3 Å². The summed E-state index contributed by atoms with van der Waals surface area (Å²) in [6.07, 6.45) is 0. The summed E-state index contributed by atoms with van der Waals surface area (Å²) in [6, 6.07) is 71.9. The van der Waals surface area contributed by atoms with Crippen LogP contribution in [0.5, 0.6) is 0 Å². The van der Waals surface area contributed by atoms with Crippen LogP contribution >= 0.6 is 11.3 Å². The number of hydrogen-bond donors (Lipinski definition) is 0. The van der Waals surface area contributed by atoms with Gasteiger partial charge in [-0.2, -0.15) is 0 Å². The summed E-state index contributed by atoms with van der Waals surface area (Å²) in [6.45, 7) is 4.79. The molecule has 0 aliphatic heterocycles. The van der Waals surface area contributed by atoms with Crippen LogP contribution in [0, 0.1) is 0 Å². The molecule has 0 saturated heterocycles. The molecule has 0 N–H and O–H groups in total. The van der Waals surface area contributed by atoms with Gasteiger partial charge >= 0.3 is 0 Å². The Bertz CT molecular complexity index is 3420. The van der Waals surface area contributed by atoms with Crippen LogP contribution in [0.3, 0.4) is 0 Å². The Kier molecular flexibility index (Phi) is 7.18. The maximum absolute atomic E-state index is 2.47. The fourth-order valence-corrected chi connectivity index (χ4v) is 10.7. The number of benzene rings is 9. The molecule has 0 saturated carbocycles. The van der Waals surface area contributed by atoms with Gasteiger partial charge in [0.05, 0.1) is 11.0 Å². The van der Waals surface area contributed by atoms with Crippen LogP contribution < -0.4 is 4.90 Å². The number of fused-ring (bicyclic) bond motifs is 10. The molecule has 0 amide bonds. The Balaban J connectivity index is 1.00. The molecule has 0 fully saturated rings. The van der Waals surface area contributed by atoms with Gasteiger partial charge in [0.15, 0.2) is 0 Å². The van der Waals surface area contributed by atoms with Gasteiger partial charge in [0.1, 0.15) is 0 Å². The second kappa shape index (κ2) is 12.5. The molecular formula is C55H38N2S. The van der Waals surface area contributed by atoms with Crippen molar-refractivity contribution in [3.05, 3.63) is 205 Å². The van der Waals surface area contributed by atoms with Crippen LogP contribution in [0.1, 0.15) is 25.0 Å². The Morgan fingerprint density at radius 1 is 0.414 bits per heavy atom. The molecule has 2 aromatic heterocycles. The van der Waals surface area contributed by atoms with Gasteiger partial charge in [-0.15, -0.1) is 11.3 Å². The van der Waals surface area contributed by atoms with E-state index in [9.17, 15) is 0 Å². The van der Waals surface area contributed by atoms with E-state index in [2.05, 4.69) is 217 Å². The number of thiophene rings is 1. The van der Waals surface area contributed by atoms with Gasteiger partial charge < -0.3 is 9.47 Å². The van der Waals surface area contributed by atoms with E-state index < -0.39 is 0 Å². The van der Waals surface area contributed by atoms with E-state index in [-0.39, 0.29) is 5.41 Å². The minimum Gasteiger partial charge on any atom is -0.310 e. The van der Waals surface area contributed by atoms with Crippen molar-refractivity contribution >= 4 is 81.1 Å². The number of aromatic nitrogens is 1. The van der Waals surface area contributed by atoms with Crippen molar-refractivity contribution < 1.29 is 0 Å². The molecule has 0 radical (unpaired) electrons. The van der Waals surface area contributed by atoms with Gasteiger partial charge in [-0.1, -0.05) is 129 Å². The Hall–Kier alpha value is -6.94. The topological polar surface area (TPSA) is 8.17 Å². The van der Waals surface area contributed by atoms with E-state index in [1.54, 1.807) is 0 Å². The largest absolute Gasteiger partial charge is 0.310 e. The normalized spacial score (nSPS) is 13.1. The molecular weight excluding hydrogens is 721 g/mol. The molecule has 274 valence electrons. The number of rotatable bonds is 5. The lowest BCUT2D eigenvalue weighted by Crippen LogP contribution is -2.17. The second-order valence-electron chi connectivity index (χ2n) is 16.2. The molecule has 58 heavy (non-hydrogen) atoms. The van der Waals surface area contributed by atoms with E-state index in [0.29, 0.717) is 0 Å². The van der Waals surface area contributed by atoms with Crippen LogP contribution in [0.4, 0.5) is 17.1 Å². The molecule has 0 spiro atoms. The molecule has 9 aromatic carbocycles. The molecule has 1 aliphatic carbocycles. The lowest BCUT2D eigenvalue weighted by Gasteiger charge is -2.28. The highest BCUT2D eigenvalue weighted by molar-refractivity contribution is 7.25. The molecule has 0 atom stereocenters. The van der Waals surface area contributed by atoms with Crippen molar-refractivity contribution in [2.75, 3.05) is 4.90 Å². The molecule has 1 aliphatic rings. The third-order valence-electron chi connectivity index (χ3n) is 12.6. The fraction of sp³-hybridized carbons (Fsp3) is 0.0545. The first-order valence-electron chi connectivity index (χ1n) is 20.1. The Morgan fingerprint density at radius 3 is 1.84 bits per heavy atom. The average molecular weight is 759 g/mol. The number of nitrogens with zero attached hydrogens (tertiary/aromatic N) is 2. The molecule has 0 bridgehead atoms. The molecule has 3 heteroatoms. The van der Waals surface area contributed by atoms with Crippen LogP contribution in [-0.4, -0.2) is 4.57 Å². The van der Waals surface area contributed by atoms with Gasteiger partial charge in [-0.05, 0) is 123 Å². The third-order valence-corrected chi connectivity index (χ3v) is 13.7.